The first kappa shape index (κ1) is 24.7. The van der Waals surface area contributed by atoms with Gasteiger partial charge < -0.3 is 19.7 Å². The van der Waals surface area contributed by atoms with Crippen LogP contribution in [-0.4, -0.2) is 61.6 Å². The van der Waals surface area contributed by atoms with Crippen molar-refractivity contribution in [2.75, 3.05) is 41.3 Å². The number of guanidine groups is 1. The lowest BCUT2D eigenvalue weighted by molar-refractivity contribution is 0.389. The van der Waals surface area contributed by atoms with Gasteiger partial charge in [-0.25, -0.2) is 0 Å². The Morgan fingerprint density at radius 3 is 2.36 bits per heavy atom. The van der Waals surface area contributed by atoms with Gasteiger partial charge in [0.25, 0.3) is 0 Å². The van der Waals surface area contributed by atoms with Crippen LogP contribution in [0.15, 0.2) is 21.7 Å². The van der Waals surface area contributed by atoms with E-state index in [0.717, 1.165) is 23.5 Å². The van der Waals surface area contributed by atoms with Crippen molar-refractivity contribution in [2.45, 2.75) is 38.6 Å². The van der Waals surface area contributed by atoms with E-state index in [0.29, 0.717) is 0 Å². The van der Waals surface area contributed by atoms with Crippen LogP contribution in [0, 0.1) is 0 Å². The van der Waals surface area contributed by atoms with Crippen LogP contribution in [0.4, 0.5) is 0 Å². The maximum Gasteiger partial charge on any atom is 0.193 e. The standard InChI is InChI=1S/C18H34BrN5.HI/c1-20-18(21-11-9-7-6-8-10-12-22(2)3)24(5)15-17-13-16(19)14-23(17)4;/h13-14H,6-12,15H2,1-5H3,(H,20,21);1H. The molecule has 0 fully saturated rings. The van der Waals surface area contributed by atoms with E-state index in [1.807, 2.05) is 7.05 Å². The van der Waals surface area contributed by atoms with Crippen LogP contribution in [0.1, 0.15) is 37.8 Å². The molecule has 0 saturated heterocycles. The van der Waals surface area contributed by atoms with E-state index >= 15 is 0 Å². The van der Waals surface area contributed by atoms with Crippen molar-refractivity contribution >= 4 is 45.9 Å². The largest absolute Gasteiger partial charge is 0.356 e. The molecule has 0 spiro atoms. The number of aliphatic imine (C=N–C) groups is 1. The molecular formula is C18H35BrIN5. The summed E-state index contributed by atoms with van der Waals surface area (Å²) in [5.41, 5.74) is 1.26. The van der Waals surface area contributed by atoms with E-state index in [2.05, 4.69) is 81.1 Å². The molecule has 1 heterocycles. The molecule has 0 amide bonds. The molecule has 0 saturated carbocycles. The lowest BCUT2D eigenvalue weighted by Gasteiger charge is -2.22. The predicted octanol–water partition coefficient (Wildman–Crippen LogP) is 3.92. The minimum absolute atomic E-state index is 0. The summed E-state index contributed by atoms with van der Waals surface area (Å²) in [6.07, 6.45) is 8.51. The molecule has 0 bridgehead atoms. The van der Waals surface area contributed by atoms with Crippen molar-refractivity contribution in [1.82, 2.24) is 19.7 Å². The summed E-state index contributed by atoms with van der Waals surface area (Å²) in [5, 5.41) is 3.47. The van der Waals surface area contributed by atoms with Gasteiger partial charge in [0.2, 0.25) is 0 Å². The van der Waals surface area contributed by atoms with E-state index in [1.54, 1.807) is 0 Å². The van der Waals surface area contributed by atoms with Gasteiger partial charge in [-0.05, 0) is 55.5 Å². The van der Waals surface area contributed by atoms with Crippen LogP contribution >= 0.6 is 39.9 Å². The molecule has 146 valence electrons. The molecule has 7 heteroatoms. The van der Waals surface area contributed by atoms with Crippen LogP contribution in [-0.2, 0) is 13.6 Å². The van der Waals surface area contributed by atoms with Gasteiger partial charge in [-0.3, -0.25) is 4.99 Å². The molecule has 0 radical (unpaired) electrons. The molecule has 0 aromatic carbocycles. The lowest BCUT2D eigenvalue weighted by Crippen LogP contribution is -2.39. The van der Waals surface area contributed by atoms with Crippen molar-refractivity contribution in [1.29, 1.82) is 0 Å². The van der Waals surface area contributed by atoms with Crippen molar-refractivity contribution in [3.63, 3.8) is 0 Å². The van der Waals surface area contributed by atoms with Crippen molar-refractivity contribution in [2.24, 2.45) is 12.0 Å². The number of nitrogens with zero attached hydrogens (tertiary/aromatic N) is 4. The Bertz CT molecular complexity index is 502. The summed E-state index contributed by atoms with van der Waals surface area (Å²) in [7, 11) is 10.3. The molecular weight excluding hydrogens is 493 g/mol. The first-order valence-corrected chi connectivity index (χ1v) is 9.60. The summed E-state index contributed by atoms with van der Waals surface area (Å²) in [4.78, 5) is 8.81. The topological polar surface area (TPSA) is 35.8 Å². The average Bonchev–Trinajstić information content (AvgIpc) is 2.83. The molecule has 25 heavy (non-hydrogen) atoms. The minimum Gasteiger partial charge on any atom is -0.356 e. The Kier molecular flexibility index (Phi) is 13.7. The second-order valence-corrected chi connectivity index (χ2v) is 7.58. The molecule has 1 aromatic rings. The van der Waals surface area contributed by atoms with E-state index in [-0.39, 0.29) is 24.0 Å². The second-order valence-electron chi connectivity index (χ2n) is 6.66. The lowest BCUT2D eigenvalue weighted by atomic mass is 10.1. The van der Waals surface area contributed by atoms with Crippen LogP contribution in [0.25, 0.3) is 0 Å². The SMILES string of the molecule is CN=C(NCCCCCCCN(C)C)N(C)Cc1cc(Br)cn1C.I. The Balaban J connectivity index is 0.00000576. The molecule has 0 atom stereocenters. The van der Waals surface area contributed by atoms with Crippen LogP contribution in [0.5, 0.6) is 0 Å². The number of aromatic nitrogens is 1. The fraction of sp³-hybridized carbons (Fsp3) is 0.722. The van der Waals surface area contributed by atoms with E-state index in [4.69, 9.17) is 0 Å². The number of aryl methyl sites for hydroxylation is 1. The van der Waals surface area contributed by atoms with Crippen LogP contribution in [0.2, 0.25) is 0 Å². The van der Waals surface area contributed by atoms with Gasteiger partial charge >= 0.3 is 0 Å². The summed E-state index contributed by atoms with van der Waals surface area (Å²) in [6, 6.07) is 2.15. The highest BCUT2D eigenvalue weighted by Crippen LogP contribution is 2.15. The van der Waals surface area contributed by atoms with Crippen LogP contribution in [0.3, 0.4) is 0 Å². The quantitative estimate of drug-likeness (QED) is 0.217. The average molecular weight is 528 g/mol. The fourth-order valence-corrected chi connectivity index (χ4v) is 3.28. The van der Waals surface area contributed by atoms with E-state index < -0.39 is 0 Å². The molecule has 0 aliphatic rings. The van der Waals surface area contributed by atoms with Gasteiger partial charge in [0.15, 0.2) is 5.96 Å². The van der Waals surface area contributed by atoms with E-state index in [1.165, 1.54) is 44.3 Å². The zero-order valence-corrected chi connectivity index (χ0v) is 20.3. The van der Waals surface area contributed by atoms with Gasteiger partial charge in [-0.15, -0.1) is 24.0 Å². The summed E-state index contributed by atoms with van der Waals surface area (Å²) < 4.78 is 3.26. The minimum atomic E-state index is 0. The third-order valence-electron chi connectivity index (χ3n) is 4.11. The third-order valence-corrected chi connectivity index (χ3v) is 4.55. The predicted molar refractivity (Wildman–Crippen MR) is 123 cm³/mol. The maximum atomic E-state index is 4.39. The van der Waals surface area contributed by atoms with Crippen molar-refractivity contribution in [3.8, 4) is 0 Å². The van der Waals surface area contributed by atoms with Crippen molar-refractivity contribution in [3.05, 3.63) is 22.4 Å². The molecule has 0 aliphatic carbocycles. The number of nitrogens with one attached hydrogen (secondary N) is 1. The smallest absolute Gasteiger partial charge is 0.193 e. The highest BCUT2D eigenvalue weighted by molar-refractivity contribution is 14.0. The number of hydrogen-bond donors (Lipinski definition) is 1. The molecule has 0 aliphatic heterocycles. The number of rotatable bonds is 10. The molecule has 0 unspecified atom stereocenters. The van der Waals surface area contributed by atoms with Gasteiger partial charge in [0, 0.05) is 44.1 Å². The number of halogens is 2. The fourth-order valence-electron chi connectivity index (χ4n) is 2.71. The highest BCUT2D eigenvalue weighted by Gasteiger charge is 2.09. The van der Waals surface area contributed by atoms with Gasteiger partial charge in [0.1, 0.15) is 0 Å². The number of hydrogen-bond acceptors (Lipinski definition) is 2. The third kappa shape index (κ3) is 10.5. The van der Waals surface area contributed by atoms with E-state index in [9.17, 15) is 0 Å². The summed E-state index contributed by atoms with van der Waals surface area (Å²) >= 11 is 3.52. The Morgan fingerprint density at radius 1 is 1.16 bits per heavy atom. The van der Waals surface area contributed by atoms with Crippen LogP contribution < -0.4 is 5.32 Å². The molecule has 1 rings (SSSR count). The molecule has 1 aromatic heterocycles. The second kappa shape index (κ2) is 13.9. The Morgan fingerprint density at radius 2 is 1.80 bits per heavy atom. The van der Waals surface area contributed by atoms with Gasteiger partial charge in [0.05, 0.1) is 6.54 Å². The molecule has 5 nitrogen and oxygen atoms in total. The summed E-state index contributed by atoms with van der Waals surface area (Å²) in [5.74, 6) is 0.958. The molecule has 1 N–H and O–H groups in total. The number of unbranched alkanes of at least 4 members (excludes halogenated alkanes) is 4. The normalized spacial score (nSPS) is 11.6. The zero-order valence-electron chi connectivity index (χ0n) is 16.4. The Hall–Kier alpha value is -0.280. The first-order chi connectivity index (χ1) is 11.4. The Labute approximate surface area is 179 Å². The van der Waals surface area contributed by atoms with Crippen molar-refractivity contribution < 1.29 is 0 Å². The zero-order chi connectivity index (χ0) is 17.9. The van der Waals surface area contributed by atoms with Gasteiger partial charge in [-0.2, -0.15) is 0 Å². The first-order valence-electron chi connectivity index (χ1n) is 8.81. The maximum absolute atomic E-state index is 4.39. The monoisotopic (exact) mass is 527 g/mol. The summed E-state index contributed by atoms with van der Waals surface area (Å²) in [6.45, 7) is 3.03. The highest BCUT2D eigenvalue weighted by atomic mass is 127. The van der Waals surface area contributed by atoms with Gasteiger partial charge in [-0.1, -0.05) is 19.3 Å².